The molecule has 6 rings (SSSR count). The summed E-state index contributed by atoms with van der Waals surface area (Å²) in [6.07, 6.45) is 0. The lowest BCUT2D eigenvalue weighted by Crippen LogP contribution is -2.20. The van der Waals surface area contributed by atoms with Gasteiger partial charge in [-0.3, -0.25) is 0 Å². The molecule has 0 radical (unpaired) electrons. The number of aryl methyl sites for hydroxylation is 1. The average molecular weight is 392 g/mol. The van der Waals surface area contributed by atoms with E-state index >= 15 is 0 Å². The van der Waals surface area contributed by atoms with E-state index in [1.807, 2.05) is 0 Å². The molecule has 0 N–H and O–H groups in total. The third kappa shape index (κ3) is 2.11. The Morgan fingerprint density at radius 1 is 0.867 bits per heavy atom. The summed E-state index contributed by atoms with van der Waals surface area (Å²) in [4.78, 5) is 5.19. The lowest BCUT2D eigenvalue weighted by molar-refractivity contribution is 0.636. The van der Waals surface area contributed by atoms with Gasteiger partial charge in [0, 0.05) is 27.1 Å². The highest BCUT2D eigenvalue weighted by Crippen LogP contribution is 2.51. The number of aromatic nitrogens is 1. The van der Waals surface area contributed by atoms with Gasteiger partial charge >= 0.3 is 0 Å². The first-order valence-corrected chi connectivity index (χ1v) is 10.8. The number of nitrogens with zero attached hydrogens (tertiary/aromatic N) is 1. The molecule has 0 unspecified atom stereocenters. The number of benzene rings is 3. The minimum absolute atomic E-state index is 0.191. The smallest absolute Gasteiger partial charge is 0.139 e. The molecule has 2 heterocycles. The standard InChI is InChI=1S/C28H25NO/c1-15(2)18-12-13-20-24-23-19(11-10-16(3)26(23)30-27(18)24)25-21(28(20,4)5)14-17-8-6-7-9-22(17)29-25/h6-15H,1-5H3. The van der Waals surface area contributed by atoms with Crippen LogP contribution in [-0.2, 0) is 5.41 Å². The topological polar surface area (TPSA) is 26.0 Å². The molecule has 0 amide bonds. The van der Waals surface area contributed by atoms with Gasteiger partial charge in [-0.15, -0.1) is 0 Å². The van der Waals surface area contributed by atoms with E-state index in [-0.39, 0.29) is 5.41 Å². The maximum absolute atomic E-state index is 6.60. The molecular formula is C28H25NO. The molecule has 1 aliphatic carbocycles. The highest BCUT2D eigenvalue weighted by Gasteiger charge is 2.35. The fraction of sp³-hybridized carbons (Fsp3) is 0.250. The summed E-state index contributed by atoms with van der Waals surface area (Å²) in [5, 5.41) is 3.67. The predicted molar refractivity (Wildman–Crippen MR) is 125 cm³/mol. The highest BCUT2D eigenvalue weighted by molar-refractivity contribution is 6.17. The van der Waals surface area contributed by atoms with E-state index in [9.17, 15) is 0 Å². The molecule has 0 aliphatic heterocycles. The van der Waals surface area contributed by atoms with Crippen molar-refractivity contribution in [3.8, 4) is 11.3 Å². The molecule has 0 saturated heterocycles. The van der Waals surface area contributed by atoms with Crippen LogP contribution in [0.4, 0.5) is 0 Å². The minimum Gasteiger partial charge on any atom is -0.455 e. The van der Waals surface area contributed by atoms with Gasteiger partial charge in [0.1, 0.15) is 11.2 Å². The Balaban J connectivity index is 1.90. The van der Waals surface area contributed by atoms with Crippen molar-refractivity contribution in [2.45, 2.75) is 46.0 Å². The van der Waals surface area contributed by atoms with Crippen LogP contribution in [0.15, 0.2) is 59.0 Å². The van der Waals surface area contributed by atoms with Gasteiger partial charge in [0.05, 0.1) is 11.2 Å². The largest absolute Gasteiger partial charge is 0.455 e. The summed E-state index contributed by atoms with van der Waals surface area (Å²) < 4.78 is 6.60. The molecule has 148 valence electrons. The molecular weight excluding hydrogens is 366 g/mol. The van der Waals surface area contributed by atoms with Crippen LogP contribution in [0.1, 0.15) is 55.9 Å². The number of pyridine rings is 1. The molecule has 1 aliphatic rings. The summed E-state index contributed by atoms with van der Waals surface area (Å²) >= 11 is 0. The minimum atomic E-state index is -0.191. The van der Waals surface area contributed by atoms with Crippen LogP contribution in [0.3, 0.4) is 0 Å². The first-order chi connectivity index (χ1) is 14.4. The monoisotopic (exact) mass is 391 g/mol. The Bertz CT molecular complexity index is 1500. The highest BCUT2D eigenvalue weighted by atomic mass is 16.3. The van der Waals surface area contributed by atoms with Crippen molar-refractivity contribution in [2.24, 2.45) is 0 Å². The van der Waals surface area contributed by atoms with Crippen LogP contribution >= 0.6 is 0 Å². The third-order valence-corrected chi connectivity index (χ3v) is 6.94. The predicted octanol–water partition coefficient (Wildman–Crippen LogP) is 7.87. The van der Waals surface area contributed by atoms with Gasteiger partial charge in [-0.25, -0.2) is 4.98 Å². The number of rotatable bonds is 1. The Morgan fingerprint density at radius 2 is 1.67 bits per heavy atom. The van der Waals surface area contributed by atoms with Crippen molar-refractivity contribution in [3.63, 3.8) is 0 Å². The van der Waals surface area contributed by atoms with Crippen molar-refractivity contribution < 1.29 is 4.42 Å². The second-order valence-electron chi connectivity index (χ2n) is 9.50. The number of para-hydroxylation sites is 1. The van der Waals surface area contributed by atoms with E-state index in [0.29, 0.717) is 5.92 Å². The van der Waals surface area contributed by atoms with Crippen LogP contribution in [-0.4, -0.2) is 4.98 Å². The normalized spacial score (nSPS) is 14.7. The molecule has 0 fully saturated rings. The third-order valence-electron chi connectivity index (χ3n) is 6.94. The molecule has 5 aromatic rings. The molecule has 3 aromatic carbocycles. The Kier molecular flexibility index (Phi) is 3.38. The van der Waals surface area contributed by atoms with Gasteiger partial charge in [0.25, 0.3) is 0 Å². The van der Waals surface area contributed by atoms with Gasteiger partial charge in [-0.05, 0) is 47.2 Å². The van der Waals surface area contributed by atoms with Crippen LogP contribution in [0.2, 0.25) is 0 Å². The van der Waals surface area contributed by atoms with Crippen molar-refractivity contribution in [2.75, 3.05) is 0 Å². The van der Waals surface area contributed by atoms with Crippen LogP contribution in [0, 0.1) is 6.92 Å². The van der Waals surface area contributed by atoms with Crippen LogP contribution < -0.4 is 0 Å². The second kappa shape index (κ2) is 5.72. The molecule has 2 heteroatoms. The number of fused-ring (bicyclic) bond motifs is 3. The van der Waals surface area contributed by atoms with Gasteiger partial charge in [0.15, 0.2) is 0 Å². The quantitative estimate of drug-likeness (QED) is 0.290. The lowest BCUT2D eigenvalue weighted by Gasteiger charge is -2.28. The summed E-state index contributed by atoms with van der Waals surface area (Å²) in [6, 6.07) is 19.8. The van der Waals surface area contributed by atoms with E-state index in [4.69, 9.17) is 9.40 Å². The van der Waals surface area contributed by atoms with E-state index in [1.165, 1.54) is 44.0 Å². The Labute approximate surface area is 176 Å². The first kappa shape index (κ1) is 17.7. The SMILES string of the molecule is Cc1ccc2c3c1oc1c(C(C)C)ccc(c13)C(C)(C)c1cc3ccccc3nc1-2. The summed E-state index contributed by atoms with van der Waals surface area (Å²) in [5.74, 6) is 0.401. The van der Waals surface area contributed by atoms with Gasteiger partial charge in [-0.2, -0.15) is 0 Å². The molecule has 0 saturated carbocycles. The van der Waals surface area contributed by atoms with Crippen molar-refractivity contribution >= 4 is 32.8 Å². The van der Waals surface area contributed by atoms with Crippen molar-refractivity contribution in [1.82, 2.24) is 4.98 Å². The molecule has 2 nitrogen and oxygen atoms in total. The molecule has 30 heavy (non-hydrogen) atoms. The van der Waals surface area contributed by atoms with Gasteiger partial charge < -0.3 is 4.42 Å². The maximum atomic E-state index is 6.60. The maximum Gasteiger partial charge on any atom is 0.139 e. The van der Waals surface area contributed by atoms with Crippen molar-refractivity contribution in [1.29, 1.82) is 0 Å². The van der Waals surface area contributed by atoms with Crippen molar-refractivity contribution in [3.05, 3.63) is 76.9 Å². The fourth-order valence-corrected chi connectivity index (χ4v) is 5.24. The Hall–Kier alpha value is -3.13. The summed E-state index contributed by atoms with van der Waals surface area (Å²) in [6.45, 7) is 11.3. The number of hydrogen-bond donors (Lipinski definition) is 0. The first-order valence-electron chi connectivity index (χ1n) is 10.8. The van der Waals surface area contributed by atoms with E-state index in [1.54, 1.807) is 0 Å². The molecule has 0 spiro atoms. The zero-order valence-corrected chi connectivity index (χ0v) is 18.1. The Morgan fingerprint density at radius 3 is 2.47 bits per heavy atom. The fourth-order valence-electron chi connectivity index (χ4n) is 5.24. The average Bonchev–Trinajstić information content (AvgIpc) is 3.10. The van der Waals surface area contributed by atoms with Crippen LogP contribution in [0.25, 0.3) is 44.1 Å². The van der Waals surface area contributed by atoms with Gasteiger partial charge in [-0.1, -0.05) is 70.2 Å². The number of furan rings is 1. The second-order valence-corrected chi connectivity index (χ2v) is 9.50. The number of hydrogen-bond acceptors (Lipinski definition) is 2. The molecule has 0 bridgehead atoms. The summed E-state index contributed by atoms with van der Waals surface area (Å²) in [7, 11) is 0. The van der Waals surface area contributed by atoms with E-state index in [2.05, 4.69) is 89.2 Å². The molecule has 2 aromatic heterocycles. The summed E-state index contributed by atoms with van der Waals surface area (Å²) in [5.41, 5.74) is 10.2. The lowest BCUT2D eigenvalue weighted by atomic mass is 9.76. The molecule has 0 atom stereocenters. The van der Waals surface area contributed by atoms with Crippen LogP contribution in [0.5, 0.6) is 0 Å². The van der Waals surface area contributed by atoms with E-state index < -0.39 is 0 Å². The van der Waals surface area contributed by atoms with E-state index in [0.717, 1.165) is 22.4 Å². The van der Waals surface area contributed by atoms with Gasteiger partial charge in [0.2, 0.25) is 0 Å². The zero-order valence-electron chi connectivity index (χ0n) is 18.1. The zero-order chi connectivity index (χ0) is 20.8.